The Morgan fingerprint density at radius 2 is 1.94 bits per heavy atom. The fourth-order valence-corrected chi connectivity index (χ4v) is 1.78. The number of aryl methyl sites for hydroxylation is 1. The fourth-order valence-electron chi connectivity index (χ4n) is 1.78. The van der Waals surface area contributed by atoms with Crippen LogP contribution in [0.5, 0.6) is 0 Å². The van der Waals surface area contributed by atoms with Crippen molar-refractivity contribution >= 4 is 0 Å². The van der Waals surface area contributed by atoms with Crippen LogP contribution in [0.3, 0.4) is 0 Å². The van der Waals surface area contributed by atoms with Gasteiger partial charge in [-0.1, -0.05) is 25.1 Å². The monoisotopic (exact) mass is 257 g/mol. The summed E-state index contributed by atoms with van der Waals surface area (Å²) in [5.74, 6) is -0.532. The molecule has 0 amide bonds. The van der Waals surface area contributed by atoms with Crippen LogP contribution in [0.25, 0.3) is 11.3 Å². The van der Waals surface area contributed by atoms with E-state index in [0.29, 0.717) is 6.42 Å². The third-order valence-electron chi connectivity index (χ3n) is 2.54. The van der Waals surface area contributed by atoms with Gasteiger partial charge < -0.3 is 4.42 Å². The summed E-state index contributed by atoms with van der Waals surface area (Å²) in [5.41, 5.74) is -0.778. The first kappa shape index (κ1) is 12.5. The van der Waals surface area contributed by atoms with E-state index in [1.165, 1.54) is 18.2 Å². The molecule has 0 saturated heterocycles. The summed E-state index contributed by atoms with van der Waals surface area (Å²) in [4.78, 5) is 13.4. The summed E-state index contributed by atoms with van der Waals surface area (Å²) in [6.07, 6.45) is -4.14. The quantitative estimate of drug-likeness (QED) is 0.897. The van der Waals surface area contributed by atoms with E-state index in [0.717, 1.165) is 6.07 Å². The molecule has 0 bridgehead atoms. The van der Waals surface area contributed by atoms with E-state index in [9.17, 15) is 18.0 Å². The molecule has 0 saturated carbocycles. The highest BCUT2D eigenvalue weighted by atomic mass is 19.4. The molecule has 1 aromatic heterocycles. The van der Waals surface area contributed by atoms with Gasteiger partial charge in [0, 0.05) is 12.0 Å². The molecule has 0 fully saturated rings. The minimum atomic E-state index is -4.48. The third kappa shape index (κ3) is 2.18. The Balaban J connectivity index is 2.68. The molecule has 96 valence electrons. The molecule has 0 aliphatic heterocycles. The van der Waals surface area contributed by atoms with Crippen molar-refractivity contribution in [2.75, 3.05) is 0 Å². The minimum Gasteiger partial charge on any atom is -0.412 e. The molecule has 0 aliphatic carbocycles. The molecule has 1 heterocycles. The van der Waals surface area contributed by atoms with Crippen LogP contribution >= 0.6 is 0 Å². The van der Waals surface area contributed by atoms with E-state index in [2.05, 4.69) is 4.98 Å². The van der Waals surface area contributed by atoms with E-state index < -0.39 is 17.5 Å². The van der Waals surface area contributed by atoms with Gasteiger partial charge >= 0.3 is 11.9 Å². The number of oxazole rings is 1. The Morgan fingerprint density at radius 3 is 2.56 bits per heavy atom. The normalized spacial score (nSPS) is 11.8. The second-order valence-corrected chi connectivity index (χ2v) is 3.71. The fraction of sp³-hybridized carbons (Fsp3) is 0.250. The number of halogens is 3. The first-order valence-electron chi connectivity index (χ1n) is 5.32. The van der Waals surface area contributed by atoms with E-state index in [-0.39, 0.29) is 17.0 Å². The number of nitrogens with one attached hydrogen (secondary N) is 1. The van der Waals surface area contributed by atoms with Gasteiger partial charge in [-0.2, -0.15) is 13.2 Å². The highest BCUT2D eigenvalue weighted by Gasteiger charge is 2.34. The van der Waals surface area contributed by atoms with Crippen LogP contribution in [0.2, 0.25) is 0 Å². The molecular formula is C12H10F3NO2. The molecule has 2 aromatic rings. The Hall–Kier alpha value is -1.98. The number of benzene rings is 1. The number of alkyl halides is 3. The molecule has 2 rings (SSSR count). The maximum atomic E-state index is 12.9. The molecule has 1 N–H and O–H groups in total. The lowest BCUT2D eigenvalue weighted by Gasteiger charge is -2.11. The lowest BCUT2D eigenvalue weighted by atomic mass is 10.0. The predicted octanol–water partition coefficient (Wildman–Crippen LogP) is 3.22. The molecule has 0 aliphatic rings. The largest absolute Gasteiger partial charge is 0.417 e. The standard InChI is InChI=1S/C12H10F3NO2/c1-2-9-10(16-11(17)18-9)7-5-3-4-6-8(7)12(13,14)15/h3-6H,2H2,1H3,(H,16,17). The van der Waals surface area contributed by atoms with Gasteiger partial charge in [-0.05, 0) is 6.07 Å². The average Bonchev–Trinajstić information content (AvgIpc) is 2.69. The van der Waals surface area contributed by atoms with Crippen molar-refractivity contribution < 1.29 is 17.6 Å². The van der Waals surface area contributed by atoms with E-state index in [1.54, 1.807) is 6.92 Å². The Bertz CT molecular complexity index is 610. The SMILES string of the molecule is CCc1oc(=O)[nH]c1-c1ccccc1C(F)(F)F. The summed E-state index contributed by atoms with van der Waals surface area (Å²) in [6.45, 7) is 1.70. The van der Waals surface area contributed by atoms with Gasteiger partial charge in [-0.3, -0.25) is 4.98 Å². The molecule has 18 heavy (non-hydrogen) atoms. The minimum absolute atomic E-state index is 0.0762. The number of rotatable bonds is 2. The van der Waals surface area contributed by atoms with Crippen molar-refractivity contribution in [1.82, 2.24) is 4.98 Å². The highest BCUT2D eigenvalue weighted by molar-refractivity contribution is 5.66. The number of aromatic amines is 1. The summed E-state index contributed by atoms with van der Waals surface area (Å²) in [5, 5.41) is 0. The van der Waals surface area contributed by atoms with E-state index in [4.69, 9.17) is 4.42 Å². The van der Waals surface area contributed by atoms with Gasteiger partial charge in [0.05, 0.1) is 11.3 Å². The second kappa shape index (κ2) is 4.36. The molecule has 0 atom stereocenters. The summed E-state index contributed by atoms with van der Waals surface area (Å²) >= 11 is 0. The third-order valence-corrected chi connectivity index (χ3v) is 2.54. The van der Waals surface area contributed by atoms with Crippen LogP contribution in [0.4, 0.5) is 13.2 Å². The lowest BCUT2D eigenvalue weighted by molar-refractivity contribution is -0.137. The van der Waals surface area contributed by atoms with Crippen molar-refractivity contribution in [3.05, 3.63) is 46.1 Å². The van der Waals surface area contributed by atoms with E-state index in [1.807, 2.05) is 0 Å². The number of aromatic nitrogens is 1. The summed E-state index contributed by atoms with van der Waals surface area (Å²) in [6, 6.07) is 5.06. The first-order chi connectivity index (χ1) is 8.43. The van der Waals surface area contributed by atoms with Gasteiger partial charge in [0.25, 0.3) is 0 Å². The molecule has 0 unspecified atom stereocenters. The van der Waals surface area contributed by atoms with E-state index >= 15 is 0 Å². The highest BCUT2D eigenvalue weighted by Crippen LogP contribution is 2.37. The van der Waals surface area contributed by atoms with Crippen LogP contribution in [0, 0.1) is 0 Å². The summed E-state index contributed by atoms with van der Waals surface area (Å²) in [7, 11) is 0. The smallest absolute Gasteiger partial charge is 0.412 e. The maximum absolute atomic E-state index is 12.9. The summed E-state index contributed by atoms with van der Waals surface area (Å²) < 4.78 is 43.4. The maximum Gasteiger partial charge on any atom is 0.417 e. The zero-order valence-electron chi connectivity index (χ0n) is 9.47. The molecular weight excluding hydrogens is 247 g/mol. The van der Waals surface area contributed by atoms with Crippen LogP contribution in [0.15, 0.2) is 33.5 Å². The van der Waals surface area contributed by atoms with Gasteiger partial charge in [-0.25, -0.2) is 4.79 Å². The average molecular weight is 257 g/mol. The number of hydrogen-bond donors (Lipinski definition) is 1. The molecule has 3 nitrogen and oxygen atoms in total. The molecule has 0 spiro atoms. The van der Waals surface area contributed by atoms with Crippen LogP contribution in [0.1, 0.15) is 18.2 Å². The van der Waals surface area contributed by atoms with Gasteiger partial charge in [-0.15, -0.1) is 0 Å². The van der Waals surface area contributed by atoms with Gasteiger partial charge in [0.2, 0.25) is 0 Å². The first-order valence-corrected chi connectivity index (χ1v) is 5.32. The van der Waals surface area contributed by atoms with Crippen molar-refractivity contribution in [3.63, 3.8) is 0 Å². The van der Waals surface area contributed by atoms with Crippen molar-refractivity contribution in [2.45, 2.75) is 19.5 Å². The molecule has 6 heteroatoms. The number of H-pyrrole nitrogens is 1. The Morgan fingerprint density at radius 1 is 1.28 bits per heavy atom. The lowest BCUT2D eigenvalue weighted by Crippen LogP contribution is -2.07. The Kier molecular flexibility index (Phi) is 3.02. The zero-order chi connectivity index (χ0) is 13.3. The van der Waals surface area contributed by atoms with Crippen LogP contribution < -0.4 is 5.76 Å². The van der Waals surface area contributed by atoms with Crippen molar-refractivity contribution in [3.8, 4) is 11.3 Å². The van der Waals surface area contributed by atoms with Gasteiger partial charge in [0.15, 0.2) is 0 Å². The molecule has 0 radical (unpaired) electrons. The number of hydrogen-bond acceptors (Lipinski definition) is 2. The molecule has 1 aromatic carbocycles. The Labute approximate surface area is 100 Å². The zero-order valence-corrected chi connectivity index (χ0v) is 9.47. The van der Waals surface area contributed by atoms with Crippen molar-refractivity contribution in [2.24, 2.45) is 0 Å². The van der Waals surface area contributed by atoms with Crippen LogP contribution in [-0.2, 0) is 12.6 Å². The van der Waals surface area contributed by atoms with Gasteiger partial charge in [0.1, 0.15) is 5.76 Å². The van der Waals surface area contributed by atoms with Crippen molar-refractivity contribution in [1.29, 1.82) is 0 Å². The topological polar surface area (TPSA) is 46.0 Å². The second-order valence-electron chi connectivity index (χ2n) is 3.71. The predicted molar refractivity (Wildman–Crippen MR) is 59.1 cm³/mol. The van der Waals surface area contributed by atoms with Crippen LogP contribution in [-0.4, -0.2) is 4.98 Å².